The van der Waals surface area contributed by atoms with E-state index < -0.39 is 27.0 Å². The van der Waals surface area contributed by atoms with Gasteiger partial charge in [-0.1, -0.05) is 11.3 Å². The Labute approximate surface area is 203 Å². The molecule has 5 rings (SSSR count). The Morgan fingerprint density at radius 3 is 2.60 bits per heavy atom. The Balaban J connectivity index is 1.59. The highest BCUT2D eigenvalue weighted by atomic mass is 32.2. The number of amides is 1. The van der Waals surface area contributed by atoms with Gasteiger partial charge in [0.2, 0.25) is 21.1 Å². The summed E-state index contributed by atoms with van der Waals surface area (Å²) in [6.07, 6.45) is -0.474. The summed E-state index contributed by atoms with van der Waals surface area (Å²) in [5, 5.41) is 21.0. The van der Waals surface area contributed by atoms with E-state index in [0.29, 0.717) is 53.9 Å². The molecule has 2 aromatic heterocycles. The van der Waals surface area contributed by atoms with E-state index in [1.165, 1.54) is 27.9 Å². The number of aromatic nitrogens is 4. The molecule has 1 N–H and O–H groups in total. The van der Waals surface area contributed by atoms with E-state index in [9.17, 15) is 27.3 Å². The number of rotatable bonds is 7. The van der Waals surface area contributed by atoms with Crippen LogP contribution in [0.3, 0.4) is 0 Å². The Bertz CT molecular complexity index is 1470. The van der Waals surface area contributed by atoms with Gasteiger partial charge >= 0.3 is 0 Å². The number of halogens is 2. The van der Waals surface area contributed by atoms with Crippen LogP contribution in [0.1, 0.15) is 24.3 Å². The summed E-state index contributed by atoms with van der Waals surface area (Å²) < 4.78 is 56.3. The van der Waals surface area contributed by atoms with Crippen LogP contribution >= 0.6 is 11.3 Å². The number of sulfonamides is 1. The molecular formula is C20H20F2N8O3S2. The quantitative estimate of drug-likeness (QED) is 0.495. The van der Waals surface area contributed by atoms with Crippen LogP contribution in [-0.2, 0) is 14.8 Å². The Morgan fingerprint density at radius 1 is 1.31 bits per heavy atom. The summed E-state index contributed by atoms with van der Waals surface area (Å²) in [7, 11) is -0.753. The molecule has 0 bridgehead atoms. The number of nitrogens with one attached hydrogen (secondary N) is 1. The molecule has 0 atom stereocenters. The van der Waals surface area contributed by atoms with Crippen LogP contribution in [0.5, 0.6) is 0 Å². The molecule has 3 aromatic rings. The van der Waals surface area contributed by atoms with E-state index in [0.717, 1.165) is 0 Å². The molecule has 35 heavy (non-hydrogen) atoms. The van der Waals surface area contributed by atoms with Gasteiger partial charge in [0.25, 0.3) is 6.43 Å². The molecule has 2 fully saturated rings. The molecule has 1 aliphatic heterocycles. The van der Waals surface area contributed by atoms with Gasteiger partial charge < -0.3 is 9.80 Å². The van der Waals surface area contributed by atoms with Crippen molar-refractivity contribution in [3.05, 3.63) is 23.3 Å². The molecule has 1 saturated carbocycles. The topological polar surface area (TPSA) is 137 Å². The van der Waals surface area contributed by atoms with E-state index in [-0.39, 0.29) is 21.9 Å². The first kappa shape index (κ1) is 23.5. The number of fused-ring (bicyclic) bond motifs is 1. The van der Waals surface area contributed by atoms with Gasteiger partial charge in [-0.25, -0.2) is 21.9 Å². The summed E-state index contributed by atoms with van der Waals surface area (Å²) in [5.41, 5.74) is -0.277. The third kappa shape index (κ3) is 4.11. The molecule has 0 radical (unpaired) electrons. The molecule has 1 saturated heterocycles. The lowest BCUT2D eigenvalue weighted by molar-refractivity contribution is -0.133. The molecule has 15 heteroatoms. The summed E-state index contributed by atoms with van der Waals surface area (Å²) in [4.78, 5) is 15.6. The monoisotopic (exact) mass is 522 g/mol. The van der Waals surface area contributed by atoms with Crippen LogP contribution in [0, 0.1) is 17.2 Å². The van der Waals surface area contributed by atoms with Crippen molar-refractivity contribution in [3.63, 3.8) is 0 Å². The van der Waals surface area contributed by atoms with Crippen molar-refractivity contribution in [1.29, 1.82) is 5.26 Å². The van der Waals surface area contributed by atoms with Crippen LogP contribution in [-0.4, -0.2) is 71.9 Å². The second kappa shape index (κ2) is 8.18. The molecule has 1 aliphatic carbocycles. The number of carbonyl (C=O) groups excluding carboxylic acids is 1. The second-order valence-corrected chi connectivity index (χ2v) is 11.5. The molecule has 184 valence electrons. The SMILES string of the molecule is CN(C)C(=O)C1CN(c2cc(S(=O)(=O)NC3(C#N)CC3)cc3c2cnn3-c2nnc(C(F)F)s2)C1. The van der Waals surface area contributed by atoms with Crippen LogP contribution in [0.15, 0.2) is 23.2 Å². The van der Waals surface area contributed by atoms with Gasteiger partial charge in [-0.15, -0.1) is 10.2 Å². The highest BCUT2D eigenvalue weighted by Crippen LogP contribution is 2.39. The van der Waals surface area contributed by atoms with Crippen molar-refractivity contribution < 1.29 is 22.0 Å². The third-order valence-electron chi connectivity index (χ3n) is 6.05. The third-order valence-corrected chi connectivity index (χ3v) is 8.48. The number of nitriles is 1. The smallest absolute Gasteiger partial charge is 0.291 e. The predicted molar refractivity (Wildman–Crippen MR) is 122 cm³/mol. The largest absolute Gasteiger partial charge is 0.369 e. The van der Waals surface area contributed by atoms with Gasteiger partial charge in [0, 0.05) is 38.3 Å². The van der Waals surface area contributed by atoms with Crippen LogP contribution in [0.25, 0.3) is 16.0 Å². The first-order valence-electron chi connectivity index (χ1n) is 10.6. The Kier molecular flexibility index (Phi) is 5.49. The normalized spacial score (nSPS) is 17.4. The number of hydrogen-bond donors (Lipinski definition) is 1. The average Bonchev–Trinajstić information content (AvgIpc) is 3.18. The van der Waals surface area contributed by atoms with Crippen molar-refractivity contribution in [2.24, 2.45) is 5.92 Å². The molecule has 1 amide bonds. The molecule has 0 spiro atoms. The van der Waals surface area contributed by atoms with E-state index in [1.54, 1.807) is 14.1 Å². The van der Waals surface area contributed by atoms with Gasteiger partial charge in [-0.3, -0.25) is 4.79 Å². The van der Waals surface area contributed by atoms with Crippen LogP contribution in [0.2, 0.25) is 0 Å². The fourth-order valence-electron chi connectivity index (χ4n) is 3.93. The van der Waals surface area contributed by atoms with Crippen molar-refractivity contribution >= 4 is 43.9 Å². The van der Waals surface area contributed by atoms with Gasteiger partial charge in [-0.2, -0.15) is 15.1 Å². The van der Waals surface area contributed by atoms with Gasteiger partial charge in [0.15, 0.2) is 5.01 Å². The maximum absolute atomic E-state index is 13.2. The maximum Gasteiger partial charge on any atom is 0.291 e. The minimum absolute atomic E-state index is 0.0308. The van der Waals surface area contributed by atoms with Crippen molar-refractivity contribution in [2.75, 3.05) is 32.1 Å². The van der Waals surface area contributed by atoms with E-state index in [4.69, 9.17) is 0 Å². The average molecular weight is 523 g/mol. The molecule has 1 aromatic carbocycles. The van der Waals surface area contributed by atoms with Gasteiger partial charge in [-0.05, 0) is 25.0 Å². The van der Waals surface area contributed by atoms with Crippen molar-refractivity contribution in [2.45, 2.75) is 29.7 Å². The minimum atomic E-state index is -4.10. The number of carbonyl (C=O) groups is 1. The lowest BCUT2D eigenvalue weighted by Crippen LogP contribution is -2.53. The zero-order valence-electron chi connectivity index (χ0n) is 18.6. The Hall–Kier alpha value is -3.22. The lowest BCUT2D eigenvalue weighted by atomic mass is 9.97. The summed E-state index contributed by atoms with van der Waals surface area (Å²) in [6, 6.07) is 4.85. The highest BCUT2D eigenvalue weighted by Gasteiger charge is 2.47. The summed E-state index contributed by atoms with van der Waals surface area (Å²) >= 11 is 0.648. The first-order chi connectivity index (χ1) is 16.5. The predicted octanol–water partition coefficient (Wildman–Crippen LogP) is 1.67. The molecular weight excluding hydrogens is 502 g/mol. The fourth-order valence-corrected chi connectivity index (χ4v) is 6.01. The van der Waals surface area contributed by atoms with E-state index >= 15 is 0 Å². The molecule has 2 aliphatic rings. The number of hydrogen-bond acceptors (Lipinski definition) is 9. The number of anilines is 1. The highest BCUT2D eigenvalue weighted by molar-refractivity contribution is 7.89. The standard InChI is InChI=1S/C20H20F2N8O3S2/c1-28(2)18(31)11-8-29(9-11)14-5-12(35(32,33)27-20(10-23)3-4-20)6-15-13(14)7-24-30(15)19-26-25-17(34-19)16(21)22/h5-7,11,16,27H,3-4,8-9H2,1-2H3. The van der Waals surface area contributed by atoms with Crippen LogP contribution < -0.4 is 9.62 Å². The molecule has 0 unspecified atom stereocenters. The second-order valence-electron chi connectivity index (χ2n) is 8.79. The zero-order valence-corrected chi connectivity index (χ0v) is 20.3. The minimum Gasteiger partial charge on any atom is -0.369 e. The maximum atomic E-state index is 13.2. The summed E-state index contributed by atoms with van der Waals surface area (Å²) in [5.74, 6) is -0.268. The van der Waals surface area contributed by atoms with Crippen molar-refractivity contribution in [3.8, 4) is 11.2 Å². The van der Waals surface area contributed by atoms with E-state index in [1.807, 2.05) is 11.0 Å². The van der Waals surface area contributed by atoms with Crippen molar-refractivity contribution in [1.82, 2.24) is 29.6 Å². The number of alkyl halides is 2. The van der Waals surface area contributed by atoms with Crippen LogP contribution in [0.4, 0.5) is 14.5 Å². The zero-order chi connectivity index (χ0) is 25.1. The van der Waals surface area contributed by atoms with Gasteiger partial charge in [0.05, 0.1) is 28.6 Å². The number of benzene rings is 1. The van der Waals surface area contributed by atoms with Gasteiger partial charge in [0.1, 0.15) is 5.54 Å². The molecule has 11 nitrogen and oxygen atoms in total. The summed E-state index contributed by atoms with van der Waals surface area (Å²) in [6.45, 7) is 0.759. The number of nitrogens with zero attached hydrogens (tertiary/aromatic N) is 7. The van der Waals surface area contributed by atoms with E-state index in [2.05, 4.69) is 20.0 Å². The first-order valence-corrected chi connectivity index (χ1v) is 12.9. The fraction of sp³-hybridized carbons (Fsp3) is 0.450. The Morgan fingerprint density at radius 2 is 2.03 bits per heavy atom. The lowest BCUT2D eigenvalue weighted by Gasteiger charge is -2.41. The molecule has 3 heterocycles.